The highest BCUT2D eigenvalue weighted by molar-refractivity contribution is 5.96. The Labute approximate surface area is 109 Å². The monoisotopic (exact) mass is 278 g/mol. The highest BCUT2D eigenvalue weighted by Crippen LogP contribution is 2.19. The third-order valence-electron chi connectivity index (χ3n) is 2.31. The summed E-state index contributed by atoms with van der Waals surface area (Å²) in [7, 11) is 0. The molecule has 2 heterocycles. The van der Waals surface area contributed by atoms with E-state index >= 15 is 0 Å². The second-order valence-corrected chi connectivity index (χ2v) is 3.56. The van der Waals surface area contributed by atoms with Crippen LogP contribution in [0.2, 0.25) is 0 Å². The van der Waals surface area contributed by atoms with Crippen molar-refractivity contribution in [1.82, 2.24) is 14.8 Å². The molecule has 11 nitrogen and oxygen atoms in total. The van der Waals surface area contributed by atoms with Crippen molar-refractivity contribution in [3.63, 3.8) is 0 Å². The molecule has 0 aliphatic heterocycles. The Morgan fingerprint density at radius 2 is 2.00 bits per heavy atom. The van der Waals surface area contributed by atoms with Gasteiger partial charge in [-0.2, -0.15) is 0 Å². The smallest absolute Gasteiger partial charge is 0.365 e. The lowest BCUT2D eigenvalue weighted by Gasteiger charge is -2.02. The Bertz CT molecular complexity index is 723. The number of nitrogens with zero attached hydrogens (tertiary/aromatic N) is 5. The third-order valence-corrected chi connectivity index (χ3v) is 2.31. The highest BCUT2D eigenvalue weighted by atomic mass is 16.6. The summed E-state index contributed by atoms with van der Waals surface area (Å²) in [6, 6.07) is 2.02. The van der Waals surface area contributed by atoms with E-state index in [9.17, 15) is 25.0 Å². The van der Waals surface area contributed by atoms with Crippen molar-refractivity contribution in [2.75, 3.05) is 0 Å². The van der Waals surface area contributed by atoms with Gasteiger partial charge in [0.1, 0.15) is 6.20 Å². The number of hydrogen-bond acceptors (Lipinski definition) is 7. The predicted octanol–water partition coefficient (Wildman–Crippen LogP) is 0.183. The molecule has 0 saturated heterocycles. The maximum Gasteiger partial charge on any atom is 0.390 e. The first-order valence-electron chi connectivity index (χ1n) is 5.05. The van der Waals surface area contributed by atoms with Gasteiger partial charge in [-0.15, -0.1) is 4.68 Å². The van der Waals surface area contributed by atoms with Crippen molar-refractivity contribution >= 4 is 17.4 Å². The first-order chi connectivity index (χ1) is 9.40. The zero-order chi connectivity index (χ0) is 14.9. The molecule has 2 aromatic heterocycles. The fraction of sp³-hybridized carbons (Fsp3) is 0. The fourth-order valence-corrected chi connectivity index (χ4v) is 1.44. The number of nitro groups is 2. The SMILES string of the molecule is NC(=O)c1cc([N+](=O)[O-])cnc1-n1ccc([N+](=O)[O-])n1. The van der Waals surface area contributed by atoms with Crippen molar-refractivity contribution in [1.29, 1.82) is 0 Å². The minimum absolute atomic E-state index is 0.129. The van der Waals surface area contributed by atoms with Crippen molar-refractivity contribution < 1.29 is 14.6 Å². The number of carbonyl (C=O) groups excluding carboxylic acids is 1. The number of carbonyl (C=O) groups is 1. The average molecular weight is 278 g/mol. The minimum atomic E-state index is -0.964. The number of aromatic nitrogens is 3. The summed E-state index contributed by atoms with van der Waals surface area (Å²) in [4.78, 5) is 34.7. The Morgan fingerprint density at radius 1 is 1.30 bits per heavy atom. The number of primary amides is 1. The number of nitrogens with two attached hydrogens (primary N) is 1. The van der Waals surface area contributed by atoms with Crippen molar-refractivity contribution in [2.24, 2.45) is 5.73 Å². The number of rotatable bonds is 4. The van der Waals surface area contributed by atoms with Crippen LogP contribution in [0, 0.1) is 20.2 Å². The van der Waals surface area contributed by atoms with Crippen LogP contribution < -0.4 is 5.73 Å². The van der Waals surface area contributed by atoms with E-state index in [0.717, 1.165) is 23.0 Å². The molecule has 0 radical (unpaired) electrons. The summed E-state index contributed by atoms with van der Waals surface area (Å²) in [5.41, 5.74) is 4.42. The van der Waals surface area contributed by atoms with Gasteiger partial charge in [0.2, 0.25) is 0 Å². The van der Waals surface area contributed by atoms with E-state index < -0.39 is 27.3 Å². The van der Waals surface area contributed by atoms with Crippen LogP contribution in [0.4, 0.5) is 11.5 Å². The molecule has 0 unspecified atom stereocenters. The summed E-state index contributed by atoms with van der Waals surface area (Å²) in [5.74, 6) is -1.55. The van der Waals surface area contributed by atoms with Crippen LogP contribution in [0.5, 0.6) is 0 Å². The molecular weight excluding hydrogens is 272 g/mol. The van der Waals surface area contributed by atoms with Gasteiger partial charge in [-0.3, -0.25) is 14.9 Å². The van der Waals surface area contributed by atoms with Crippen molar-refractivity contribution in [2.45, 2.75) is 0 Å². The Hall–Kier alpha value is -3.37. The zero-order valence-corrected chi connectivity index (χ0v) is 9.66. The topological polar surface area (TPSA) is 160 Å². The molecule has 0 bridgehead atoms. The van der Waals surface area contributed by atoms with E-state index in [-0.39, 0.29) is 11.4 Å². The molecule has 2 rings (SSSR count). The molecule has 0 aliphatic rings. The molecule has 11 heteroatoms. The van der Waals surface area contributed by atoms with Crippen LogP contribution in [-0.4, -0.2) is 30.5 Å². The summed E-state index contributed by atoms with van der Waals surface area (Å²) >= 11 is 0. The van der Waals surface area contributed by atoms with Crippen molar-refractivity contribution in [3.05, 3.63) is 50.3 Å². The van der Waals surface area contributed by atoms with Gasteiger partial charge in [-0.05, 0) is 4.92 Å². The summed E-state index contributed by atoms with van der Waals surface area (Å²) in [6.45, 7) is 0. The summed E-state index contributed by atoms with van der Waals surface area (Å²) < 4.78 is 0.946. The van der Waals surface area contributed by atoms with E-state index in [4.69, 9.17) is 5.73 Å². The molecule has 0 atom stereocenters. The highest BCUT2D eigenvalue weighted by Gasteiger charge is 2.21. The van der Waals surface area contributed by atoms with Crippen LogP contribution >= 0.6 is 0 Å². The molecule has 2 aromatic rings. The Morgan fingerprint density at radius 3 is 2.50 bits per heavy atom. The second-order valence-electron chi connectivity index (χ2n) is 3.56. The lowest BCUT2D eigenvalue weighted by Crippen LogP contribution is -2.16. The van der Waals surface area contributed by atoms with Crippen LogP contribution in [0.3, 0.4) is 0 Å². The molecule has 0 aromatic carbocycles. The number of amides is 1. The van der Waals surface area contributed by atoms with Crippen LogP contribution in [0.1, 0.15) is 10.4 Å². The lowest BCUT2D eigenvalue weighted by molar-refractivity contribution is -0.389. The standard InChI is InChI=1S/C9H6N6O5/c10-8(16)6-3-5(14(17)18)4-11-9(6)13-2-1-7(12-13)15(19)20/h1-4H,(H2,10,16). The van der Waals surface area contributed by atoms with Gasteiger partial charge in [0, 0.05) is 6.07 Å². The van der Waals surface area contributed by atoms with E-state index in [1.54, 1.807) is 0 Å². The quantitative estimate of drug-likeness (QED) is 0.616. The third kappa shape index (κ3) is 2.27. The maximum atomic E-state index is 11.3. The predicted molar refractivity (Wildman–Crippen MR) is 63.2 cm³/mol. The largest absolute Gasteiger partial charge is 0.390 e. The molecular formula is C9H6N6O5. The normalized spacial score (nSPS) is 10.2. The van der Waals surface area contributed by atoms with Gasteiger partial charge in [-0.25, -0.2) is 4.98 Å². The van der Waals surface area contributed by atoms with Gasteiger partial charge >= 0.3 is 5.82 Å². The molecule has 2 N–H and O–H groups in total. The molecule has 20 heavy (non-hydrogen) atoms. The second kappa shape index (κ2) is 4.72. The zero-order valence-electron chi connectivity index (χ0n) is 9.66. The van der Waals surface area contributed by atoms with Gasteiger partial charge in [0.25, 0.3) is 11.6 Å². The number of hydrogen-bond donors (Lipinski definition) is 1. The van der Waals surface area contributed by atoms with E-state index in [1.165, 1.54) is 6.20 Å². The first-order valence-corrected chi connectivity index (χ1v) is 5.05. The summed E-state index contributed by atoms with van der Waals surface area (Å²) in [5, 5.41) is 24.7. The molecule has 0 fully saturated rings. The average Bonchev–Trinajstić information content (AvgIpc) is 2.87. The van der Waals surface area contributed by atoms with E-state index in [0.29, 0.717) is 0 Å². The molecule has 0 aliphatic carbocycles. The van der Waals surface area contributed by atoms with Gasteiger partial charge in [0.05, 0.1) is 27.8 Å². The Balaban J connectivity index is 2.57. The van der Waals surface area contributed by atoms with Crippen LogP contribution in [-0.2, 0) is 0 Å². The summed E-state index contributed by atoms with van der Waals surface area (Å²) in [6.07, 6.45) is 2.09. The fourth-order valence-electron chi connectivity index (χ4n) is 1.44. The molecule has 0 spiro atoms. The molecule has 0 saturated carbocycles. The van der Waals surface area contributed by atoms with E-state index in [1.807, 2.05) is 0 Å². The van der Waals surface area contributed by atoms with Crippen LogP contribution in [0.15, 0.2) is 24.5 Å². The van der Waals surface area contributed by atoms with Gasteiger partial charge < -0.3 is 15.8 Å². The van der Waals surface area contributed by atoms with Gasteiger partial charge in [0.15, 0.2) is 5.82 Å². The minimum Gasteiger partial charge on any atom is -0.365 e. The van der Waals surface area contributed by atoms with Gasteiger partial charge in [-0.1, -0.05) is 0 Å². The lowest BCUT2D eigenvalue weighted by atomic mass is 10.2. The molecule has 1 amide bonds. The first kappa shape index (κ1) is 13.1. The Kier molecular flexibility index (Phi) is 3.08. The van der Waals surface area contributed by atoms with E-state index in [2.05, 4.69) is 10.1 Å². The number of pyridine rings is 1. The molecule has 102 valence electrons. The van der Waals surface area contributed by atoms with Crippen molar-refractivity contribution in [3.8, 4) is 5.82 Å². The van der Waals surface area contributed by atoms with Crippen LogP contribution in [0.25, 0.3) is 5.82 Å². The maximum absolute atomic E-state index is 11.3.